The molecule has 12 heavy (non-hydrogen) atoms. The highest BCUT2D eigenvalue weighted by atomic mass is 32.1. The first kappa shape index (κ1) is 11.4. The fraction of sp³-hybridized carbons (Fsp3) is 0.667. The number of hydrogen-bond donors (Lipinski definition) is 1. The Morgan fingerprint density at radius 2 is 2.33 bits per heavy atom. The molecule has 0 aliphatic heterocycles. The highest BCUT2D eigenvalue weighted by molar-refractivity contribution is 7.80. The van der Waals surface area contributed by atoms with Crippen LogP contribution in [0.2, 0.25) is 0 Å². The SMILES string of the molecule is C#CCN(CCC)C(=O)CCS. The van der Waals surface area contributed by atoms with Gasteiger partial charge in [-0.15, -0.1) is 6.42 Å². The van der Waals surface area contributed by atoms with Crippen LogP contribution < -0.4 is 0 Å². The van der Waals surface area contributed by atoms with Crippen LogP contribution in [-0.4, -0.2) is 29.6 Å². The molecule has 0 aromatic rings. The zero-order chi connectivity index (χ0) is 9.40. The van der Waals surface area contributed by atoms with E-state index in [1.165, 1.54) is 0 Å². The third-order valence-corrected chi connectivity index (χ3v) is 1.68. The van der Waals surface area contributed by atoms with Crippen LogP contribution in [0, 0.1) is 12.3 Å². The molecule has 0 unspecified atom stereocenters. The van der Waals surface area contributed by atoms with Gasteiger partial charge in [-0.1, -0.05) is 12.8 Å². The fourth-order valence-electron chi connectivity index (χ4n) is 0.926. The number of carbonyl (C=O) groups is 1. The number of nitrogens with zero attached hydrogens (tertiary/aromatic N) is 1. The highest BCUT2D eigenvalue weighted by Crippen LogP contribution is 1.96. The molecule has 0 radical (unpaired) electrons. The van der Waals surface area contributed by atoms with E-state index in [0.29, 0.717) is 18.7 Å². The van der Waals surface area contributed by atoms with Gasteiger partial charge in [0.25, 0.3) is 0 Å². The summed E-state index contributed by atoms with van der Waals surface area (Å²) in [6.45, 7) is 3.19. The standard InChI is InChI=1S/C9H15NOS/c1-3-6-10(7-4-2)9(11)5-8-12/h1,12H,4-8H2,2H3. The second-order valence-corrected chi connectivity index (χ2v) is 2.94. The average Bonchev–Trinajstić information content (AvgIpc) is 2.04. The minimum absolute atomic E-state index is 0.102. The van der Waals surface area contributed by atoms with Crippen molar-refractivity contribution in [3.63, 3.8) is 0 Å². The molecule has 0 heterocycles. The Hall–Kier alpha value is -0.620. The van der Waals surface area contributed by atoms with Crippen molar-refractivity contribution in [1.82, 2.24) is 4.90 Å². The lowest BCUT2D eigenvalue weighted by Crippen LogP contribution is -2.32. The van der Waals surface area contributed by atoms with Crippen molar-refractivity contribution < 1.29 is 4.79 Å². The molecular weight excluding hydrogens is 170 g/mol. The summed E-state index contributed by atoms with van der Waals surface area (Å²) in [4.78, 5) is 13.0. The second kappa shape index (κ2) is 7.05. The second-order valence-electron chi connectivity index (χ2n) is 2.49. The van der Waals surface area contributed by atoms with Crippen LogP contribution in [0.15, 0.2) is 0 Å². The van der Waals surface area contributed by atoms with E-state index in [9.17, 15) is 4.79 Å². The molecule has 0 saturated carbocycles. The van der Waals surface area contributed by atoms with Gasteiger partial charge in [0, 0.05) is 13.0 Å². The van der Waals surface area contributed by atoms with Gasteiger partial charge < -0.3 is 4.90 Å². The Labute approximate surface area is 79.7 Å². The van der Waals surface area contributed by atoms with Gasteiger partial charge in [0.2, 0.25) is 5.91 Å². The topological polar surface area (TPSA) is 20.3 Å². The first-order valence-electron chi connectivity index (χ1n) is 4.08. The summed E-state index contributed by atoms with van der Waals surface area (Å²) in [7, 11) is 0. The van der Waals surface area contributed by atoms with Crippen LogP contribution in [0.4, 0.5) is 0 Å². The van der Waals surface area contributed by atoms with Crippen molar-refractivity contribution in [2.24, 2.45) is 0 Å². The maximum Gasteiger partial charge on any atom is 0.224 e. The number of rotatable bonds is 5. The fourth-order valence-corrected chi connectivity index (χ4v) is 1.12. The predicted octanol–water partition coefficient (Wildman–Crippen LogP) is 1.18. The van der Waals surface area contributed by atoms with Gasteiger partial charge in [0.1, 0.15) is 0 Å². The quantitative estimate of drug-likeness (QED) is 0.504. The molecule has 0 aromatic carbocycles. The Morgan fingerprint density at radius 3 is 2.75 bits per heavy atom. The normalized spacial score (nSPS) is 9.08. The van der Waals surface area contributed by atoms with Crippen molar-refractivity contribution in [1.29, 1.82) is 0 Å². The Morgan fingerprint density at radius 1 is 1.67 bits per heavy atom. The van der Waals surface area contributed by atoms with Crippen molar-refractivity contribution in [3.8, 4) is 12.3 Å². The summed E-state index contributed by atoms with van der Waals surface area (Å²) in [6.07, 6.45) is 6.55. The molecule has 0 bridgehead atoms. The molecule has 0 spiro atoms. The Balaban J connectivity index is 3.92. The van der Waals surface area contributed by atoms with E-state index in [-0.39, 0.29) is 5.91 Å². The third-order valence-electron chi connectivity index (χ3n) is 1.45. The molecule has 0 rings (SSSR count). The summed E-state index contributed by atoms with van der Waals surface area (Å²) >= 11 is 3.99. The lowest BCUT2D eigenvalue weighted by Gasteiger charge is -2.18. The van der Waals surface area contributed by atoms with Gasteiger partial charge in [0.05, 0.1) is 6.54 Å². The van der Waals surface area contributed by atoms with Crippen LogP contribution in [0.25, 0.3) is 0 Å². The van der Waals surface area contributed by atoms with E-state index < -0.39 is 0 Å². The largest absolute Gasteiger partial charge is 0.332 e. The monoisotopic (exact) mass is 185 g/mol. The summed E-state index contributed by atoms with van der Waals surface area (Å²) in [5.41, 5.74) is 0. The summed E-state index contributed by atoms with van der Waals surface area (Å²) in [6, 6.07) is 0. The molecule has 0 atom stereocenters. The molecule has 1 amide bonds. The molecule has 0 N–H and O–H groups in total. The van der Waals surface area contributed by atoms with Crippen molar-refractivity contribution >= 4 is 18.5 Å². The van der Waals surface area contributed by atoms with Crippen LogP contribution in [0.1, 0.15) is 19.8 Å². The zero-order valence-corrected chi connectivity index (χ0v) is 8.31. The van der Waals surface area contributed by atoms with Crippen LogP contribution >= 0.6 is 12.6 Å². The number of amides is 1. The Kier molecular flexibility index (Phi) is 6.69. The molecule has 0 saturated heterocycles. The molecule has 3 heteroatoms. The van der Waals surface area contributed by atoms with Gasteiger partial charge >= 0.3 is 0 Å². The van der Waals surface area contributed by atoms with Gasteiger partial charge in [-0.05, 0) is 12.2 Å². The van der Waals surface area contributed by atoms with Gasteiger partial charge in [-0.3, -0.25) is 4.79 Å². The lowest BCUT2D eigenvalue weighted by atomic mass is 10.3. The average molecular weight is 185 g/mol. The van der Waals surface area contributed by atoms with Crippen LogP contribution in [0.5, 0.6) is 0 Å². The van der Waals surface area contributed by atoms with E-state index in [2.05, 4.69) is 18.5 Å². The number of terminal acetylenes is 1. The molecule has 0 aliphatic rings. The zero-order valence-electron chi connectivity index (χ0n) is 7.42. The van der Waals surface area contributed by atoms with E-state index in [0.717, 1.165) is 13.0 Å². The predicted molar refractivity (Wildman–Crippen MR) is 54.2 cm³/mol. The van der Waals surface area contributed by atoms with Crippen LogP contribution in [0.3, 0.4) is 0 Å². The first-order chi connectivity index (χ1) is 5.76. The maximum absolute atomic E-state index is 11.3. The summed E-state index contributed by atoms with van der Waals surface area (Å²) in [5, 5.41) is 0. The summed E-state index contributed by atoms with van der Waals surface area (Å²) < 4.78 is 0. The van der Waals surface area contributed by atoms with Crippen molar-refractivity contribution in [3.05, 3.63) is 0 Å². The third kappa shape index (κ3) is 4.30. The minimum Gasteiger partial charge on any atom is -0.332 e. The Bertz CT molecular complexity index is 174. The van der Waals surface area contributed by atoms with Gasteiger partial charge in [-0.2, -0.15) is 12.6 Å². The molecule has 2 nitrogen and oxygen atoms in total. The molecular formula is C9H15NOS. The lowest BCUT2D eigenvalue weighted by molar-refractivity contribution is -0.130. The van der Waals surface area contributed by atoms with Crippen LogP contribution in [-0.2, 0) is 4.79 Å². The van der Waals surface area contributed by atoms with Crippen molar-refractivity contribution in [2.45, 2.75) is 19.8 Å². The molecule has 0 aliphatic carbocycles. The van der Waals surface area contributed by atoms with E-state index >= 15 is 0 Å². The minimum atomic E-state index is 0.102. The van der Waals surface area contributed by atoms with E-state index in [1.807, 2.05) is 6.92 Å². The first-order valence-corrected chi connectivity index (χ1v) is 4.71. The van der Waals surface area contributed by atoms with Gasteiger partial charge in [-0.25, -0.2) is 0 Å². The smallest absolute Gasteiger partial charge is 0.224 e. The number of carbonyl (C=O) groups excluding carboxylic acids is 1. The highest BCUT2D eigenvalue weighted by Gasteiger charge is 2.09. The van der Waals surface area contributed by atoms with Gasteiger partial charge in [0.15, 0.2) is 0 Å². The number of thiol groups is 1. The summed E-state index contributed by atoms with van der Waals surface area (Å²) in [5.74, 6) is 3.16. The number of hydrogen-bond acceptors (Lipinski definition) is 2. The molecule has 0 aromatic heterocycles. The molecule has 68 valence electrons. The van der Waals surface area contributed by atoms with E-state index in [1.54, 1.807) is 4.90 Å². The van der Waals surface area contributed by atoms with Crippen molar-refractivity contribution in [2.75, 3.05) is 18.8 Å². The molecule has 0 fully saturated rings. The van der Waals surface area contributed by atoms with E-state index in [4.69, 9.17) is 6.42 Å². The maximum atomic E-state index is 11.3.